The number of primary amides is 1. The number of nitrogens with one attached hydrogen (secondary N) is 1. The molecule has 0 unspecified atom stereocenters. The molecule has 102 valence electrons. The van der Waals surface area contributed by atoms with E-state index in [4.69, 9.17) is 17.2 Å². The van der Waals surface area contributed by atoms with Crippen molar-refractivity contribution >= 4 is 28.9 Å². The quantitative estimate of drug-likeness (QED) is 0.625. The normalized spacial score (nSPS) is 10.0. The summed E-state index contributed by atoms with van der Waals surface area (Å²) in [4.78, 5) is 23.5. The predicted molar refractivity (Wildman–Crippen MR) is 78.2 cm³/mol. The summed E-state index contributed by atoms with van der Waals surface area (Å²) in [6, 6.07) is 11.0. The van der Waals surface area contributed by atoms with E-state index < -0.39 is 11.8 Å². The Kier molecular flexibility index (Phi) is 3.56. The molecule has 0 spiro atoms. The highest BCUT2D eigenvalue weighted by Crippen LogP contribution is 2.17. The zero-order valence-electron chi connectivity index (χ0n) is 10.6. The third kappa shape index (κ3) is 2.86. The van der Waals surface area contributed by atoms with E-state index in [-0.39, 0.29) is 11.1 Å². The van der Waals surface area contributed by atoms with Gasteiger partial charge in [-0.25, -0.2) is 0 Å². The van der Waals surface area contributed by atoms with E-state index in [9.17, 15) is 9.59 Å². The summed E-state index contributed by atoms with van der Waals surface area (Å²) >= 11 is 0. The van der Waals surface area contributed by atoms with Gasteiger partial charge >= 0.3 is 0 Å². The molecule has 0 aliphatic heterocycles. The fraction of sp³-hybridized carbons (Fsp3) is 0. The van der Waals surface area contributed by atoms with Crippen LogP contribution in [0.15, 0.2) is 42.5 Å². The van der Waals surface area contributed by atoms with Crippen molar-refractivity contribution in [3.63, 3.8) is 0 Å². The summed E-state index contributed by atoms with van der Waals surface area (Å²) in [5.74, 6) is -1.15. The minimum absolute atomic E-state index is 0.118. The molecule has 0 saturated carbocycles. The molecule has 6 nitrogen and oxygen atoms in total. The number of anilines is 3. The Labute approximate surface area is 115 Å². The molecule has 2 amide bonds. The first kappa shape index (κ1) is 13.4. The van der Waals surface area contributed by atoms with Crippen molar-refractivity contribution in [3.8, 4) is 0 Å². The smallest absolute Gasteiger partial charge is 0.256 e. The number of amides is 2. The first-order valence-electron chi connectivity index (χ1n) is 5.83. The molecule has 2 aromatic rings. The zero-order valence-corrected chi connectivity index (χ0v) is 10.6. The topological polar surface area (TPSA) is 124 Å². The van der Waals surface area contributed by atoms with Gasteiger partial charge in [0, 0.05) is 17.1 Å². The predicted octanol–water partition coefficient (Wildman–Crippen LogP) is 1.20. The van der Waals surface area contributed by atoms with Gasteiger partial charge in [-0.2, -0.15) is 0 Å². The fourth-order valence-electron chi connectivity index (χ4n) is 1.73. The monoisotopic (exact) mass is 270 g/mol. The number of carbonyl (C=O) groups is 2. The van der Waals surface area contributed by atoms with Crippen LogP contribution in [0.4, 0.5) is 17.1 Å². The lowest BCUT2D eigenvalue weighted by atomic mass is 10.1. The lowest BCUT2D eigenvalue weighted by Gasteiger charge is -2.09. The van der Waals surface area contributed by atoms with Crippen molar-refractivity contribution < 1.29 is 9.59 Å². The summed E-state index contributed by atoms with van der Waals surface area (Å²) in [7, 11) is 0. The number of hydrogen-bond acceptors (Lipinski definition) is 4. The van der Waals surface area contributed by atoms with E-state index in [0.29, 0.717) is 17.1 Å². The zero-order chi connectivity index (χ0) is 14.7. The van der Waals surface area contributed by atoms with Crippen LogP contribution in [0.3, 0.4) is 0 Å². The van der Waals surface area contributed by atoms with Crippen molar-refractivity contribution in [1.29, 1.82) is 0 Å². The van der Waals surface area contributed by atoms with Gasteiger partial charge in [0.15, 0.2) is 0 Å². The van der Waals surface area contributed by atoms with Crippen LogP contribution in [-0.4, -0.2) is 11.8 Å². The highest BCUT2D eigenvalue weighted by atomic mass is 16.2. The molecule has 0 heterocycles. The molecule has 20 heavy (non-hydrogen) atoms. The van der Waals surface area contributed by atoms with E-state index in [2.05, 4.69) is 5.32 Å². The second-order valence-corrected chi connectivity index (χ2v) is 4.25. The summed E-state index contributed by atoms with van der Waals surface area (Å²) in [6.07, 6.45) is 0. The third-order valence-electron chi connectivity index (χ3n) is 2.72. The average molecular weight is 270 g/mol. The number of carbonyl (C=O) groups excluding carboxylic acids is 2. The molecule has 7 N–H and O–H groups in total. The van der Waals surface area contributed by atoms with Crippen LogP contribution in [0, 0.1) is 0 Å². The van der Waals surface area contributed by atoms with Gasteiger partial charge in [0.2, 0.25) is 5.91 Å². The van der Waals surface area contributed by atoms with Crippen LogP contribution in [0.25, 0.3) is 0 Å². The second-order valence-electron chi connectivity index (χ2n) is 4.25. The Morgan fingerprint density at radius 1 is 0.850 bits per heavy atom. The third-order valence-corrected chi connectivity index (χ3v) is 2.72. The summed E-state index contributed by atoms with van der Waals surface area (Å²) in [5, 5.41) is 2.65. The van der Waals surface area contributed by atoms with Gasteiger partial charge in [-0.15, -0.1) is 0 Å². The second kappa shape index (κ2) is 5.31. The Balaban J connectivity index is 2.31. The number of nitrogens with two attached hydrogens (primary N) is 3. The molecule has 0 bridgehead atoms. The average Bonchev–Trinajstić information content (AvgIpc) is 2.41. The maximum Gasteiger partial charge on any atom is 0.256 e. The van der Waals surface area contributed by atoms with Crippen LogP contribution in [0.2, 0.25) is 0 Å². The molecule has 0 atom stereocenters. The molecule has 0 aromatic heterocycles. The van der Waals surface area contributed by atoms with Crippen molar-refractivity contribution in [2.75, 3.05) is 16.8 Å². The van der Waals surface area contributed by atoms with Crippen molar-refractivity contribution in [3.05, 3.63) is 53.6 Å². The molecule has 2 rings (SSSR count). The summed E-state index contributed by atoms with van der Waals surface area (Å²) < 4.78 is 0. The Morgan fingerprint density at radius 3 is 2.05 bits per heavy atom. The lowest BCUT2D eigenvalue weighted by Crippen LogP contribution is -2.20. The van der Waals surface area contributed by atoms with Crippen LogP contribution >= 0.6 is 0 Å². The van der Waals surface area contributed by atoms with Gasteiger partial charge in [-0.05, 0) is 42.5 Å². The molecule has 2 aromatic carbocycles. The van der Waals surface area contributed by atoms with Crippen LogP contribution in [0.1, 0.15) is 20.7 Å². The molecular formula is C14H14N4O2. The van der Waals surface area contributed by atoms with E-state index in [1.54, 1.807) is 24.3 Å². The molecule has 0 aliphatic carbocycles. The maximum absolute atomic E-state index is 12.2. The van der Waals surface area contributed by atoms with Crippen molar-refractivity contribution in [2.45, 2.75) is 0 Å². The molecule has 0 radical (unpaired) electrons. The number of benzene rings is 2. The highest BCUT2D eigenvalue weighted by molar-refractivity contribution is 6.12. The van der Waals surface area contributed by atoms with Crippen LogP contribution in [0.5, 0.6) is 0 Å². The van der Waals surface area contributed by atoms with Gasteiger partial charge in [-0.3, -0.25) is 9.59 Å². The maximum atomic E-state index is 12.2. The Morgan fingerprint density at radius 2 is 1.45 bits per heavy atom. The first-order valence-corrected chi connectivity index (χ1v) is 5.83. The number of hydrogen-bond donors (Lipinski definition) is 4. The van der Waals surface area contributed by atoms with E-state index >= 15 is 0 Å². The van der Waals surface area contributed by atoms with Gasteiger partial charge in [0.1, 0.15) is 0 Å². The SMILES string of the molecule is NC(=O)c1ccc(N)cc1C(=O)Nc1ccc(N)cc1. The van der Waals surface area contributed by atoms with Gasteiger partial charge < -0.3 is 22.5 Å². The summed E-state index contributed by atoms with van der Waals surface area (Å²) in [5.41, 5.74) is 18.2. The minimum Gasteiger partial charge on any atom is -0.399 e. The van der Waals surface area contributed by atoms with Gasteiger partial charge in [0.25, 0.3) is 5.91 Å². The molecule has 6 heteroatoms. The van der Waals surface area contributed by atoms with Crippen molar-refractivity contribution in [2.24, 2.45) is 5.73 Å². The largest absolute Gasteiger partial charge is 0.399 e. The Bertz CT molecular complexity index is 665. The highest BCUT2D eigenvalue weighted by Gasteiger charge is 2.15. The van der Waals surface area contributed by atoms with Gasteiger partial charge in [-0.1, -0.05) is 0 Å². The molecule has 0 saturated heterocycles. The Hall–Kier alpha value is -3.02. The van der Waals surface area contributed by atoms with Crippen LogP contribution in [-0.2, 0) is 0 Å². The van der Waals surface area contributed by atoms with E-state index in [0.717, 1.165) is 0 Å². The van der Waals surface area contributed by atoms with Gasteiger partial charge in [0.05, 0.1) is 11.1 Å². The fourth-order valence-corrected chi connectivity index (χ4v) is 1.73. The number of nitrogen functional groups attached to an aromatic ring is 2. The van der Waals surface area contributed by atoms with Crippen molar-refractivity contribution in [1.82, 2.24) is 0 Å². The molecule has 0 fully saturated rings. The molecular weight excluding hydrogens is 256 g/mol. The van der Waals surface area contributed by atoms with E-state index in [1.165, 1.54) is 18.2 Å². The number of rotatable bonds is 3. The summed E-state index contributed by atoms with van der Waals surface area (Å²) in [6.45, 7) is 0. The lowest BCUT2D eigenvalue weighted by molar-refractivity contribution is 0.0977. The minimum atomic E-state index is -0.688. The molecule has 0 aliphatic rings. The van der Waals surface area contributed by atoms with Crippen LogP contribution < -0.4 is 22.5 Å². The first-order chi connectivity index (χ1) is 9.47. The standard InChI is InChI=1S/C14H14N4O2/c15-8-1-4-10(5-2-8)18-14(20)12-7-9(16)3-6-11(12)13(17)19/h1-7H,15-16H2,(H2,17,19)(H,18,20). The van der Waals surface area contributed by atoms with E-state index in [1.807, 2.05) is 0 Å².